The zero-order chi connectivity index (χ0) is 33.4. The number of nitrogens with zero attached hydrogens (tertiary/aromatic N) is 1. The molecule has 3 aromatic carbocycles. The molecule has 0 unspecified atom stereocenters. The zero-order valence-corrected chi connectivity index (χ0v) is 26.6. The summed E-state index contributed by atoms with van der Waals surface area (Å²) in [6, 6.07) is 26.5. The number of carbonyl (C=O) groups is 4. The smallest absolute Gasteiger partial charge is 0.408 e. The van der Waals surface area contributed by atoms with Gasteiger partial charge in [-0.2, -0.15) is 0 Å². The topological polar surface area (TPSA) is 146 Å². The fraction of sp³-hybridized carbons (Fsp3) is 0.371. The lowest BCUT2D eigenvalue weighted by molar-refractivity contribution is -0.123. The zero-order valence-electron chi connectivity index (χ0n) is 26.6. The van der Waals surface area contributed by atoms with Gasteiger partial charge < -0.3 is 35.4 Å². The number of amides is 4. The van der Waals surface area contributed by atoms with Gasteiger partial charge in [0.2, 0.25) is 5.91 Å². The molecule has 11 nitrogen and oxygen atoms in total. The summed E-state index contributed by atoms with van der Waals surface area (Å²) in [6.45, 7) is 5.63. The van der Waals surface area contributed by atoms with Crippen LogP contribution >= 0.6 is 0 Å². The second-order valence-electron chi connectivity index (χ2n) is 11.9. The van der Waals surface area contributed by atoms with Crippen molar-refractivity contribution < 1.29 is 33.8 Å². The number of hydrogen-bond acceptors (Lipinski definition) is 6. The number of alkyl carbamates (subject to hydrolysis) is 2. The van der Waals surface area contributed by atoms with Gasteiger partial charge in [0.15, 0.2) is 0 Å². The van der Waals surface area contributed by atoms with E-state index in [9.17, 15) is 24.3 Å². The Bertz CT molecular complexity index is 1380. The van der Waals surface area contributed by atoms with E-state index in [1.54, 1.807) is 20.8 Å². The number of benzene rings is 3. The van der Waals surface area contributed by atoms with Crippen LogP contribution in [0.5, 0.6) is 0 Å². The number of nitrogens with one attached hydrogen (secondary N) is 3. The van der Waals surface area contributed by atoms with Gasteiger partial charge in [0, 0.05) is 19.6 Å². The van der Waals surface area contributed by atoms with E-state index in [0.717, 1.165) is 16.7 Å². The molecule has 0 aromatic heterocycles. The predicted octanol–water partition coefficient (Wildman–Crippen LogP) is 5.49. The highest BCUT2D eigenvalue weighted by Gasteiger charge is 2.26. The minimum atomic E-state index is -1.08. The van der Waals surface area contributed by atoms with E-state index in [-0.39, 0.29) is 32.7 Å². The molecular weight excluding hydrogens is 588 g/mol. The standard InChI is InChI=1S/C35H44N4O7/c1-35(2,3)46-33(42)38-30(20-13-21-39(34(43)44)24-27-16-9-5-10-17-27)31(40)36-23-29(22-26-14-7-4-8-15-26)37-32(41)45-25-28-18-11-6-12-19-28/h4-12,14-19,29-30H,13,20-25H2,1-3H3,(H,36,40)(H,37,41)(H,38,42)(H,43,44)/t29-,30+/m0/s1. The molecule has 3 rings (SSSR count). The third-order valence-electron chi connectivity index (χ3n) is 6.80. The number of ether oxygens (including phenoxy) is 2. The Kier molecular flexibility index (Phi) is 13.9. The van der Waals surface area contributed by atoms with Crippen LogP contribution in [-0.2, 0) is 33.8 Å². The fourth-order valence-electron chi connectivity index (χ4n) is 4.60. The predicted molar refractivity (Wildman–Crippen MR) is 174 cm³/mol. The van der Waals surface area contributed by atoms with Gasteiger partial charge >= 0.3 is 18.3 Å². The molecule has 0 bridgehead atoms. The van der Waals surface area contributed by atoms with Crippen LogP contribution in [0.15, 0.2) is 91.0 Å². The Morgan fingerprint density at radius 1 is 0.783 bits per heavy atom. The van der Waals surface area contributed by atoms with Gasteiger partial charge in [-0.15, -0.1) is 0 Å². The summed E-state index contributed by atoms with van der Waals surface area (Å²) in [7, 11) is 0. The fourth-order valence-corrected chi connectivity index (χ4v) is 4.60. The first kappa shape index (κ1) is 35.4. The third-order valence-corrected chi connectivity index (χ3v) is 6.80. The minimum Gasteiger partial charge on any atom is -0.465 e. The number of carbonyl (C=O) groups excluding carboxylic acids is 3. The summed E-state index contributed by atoms with van der Waals surface area (Å²) >= 11 is 0. The summed E-state index contributed by atoms with van der Waals surface area (Å²) in [5.74, 6) is -0.492. The van der Waals surface area contributed by atoms with Crippen molar-refractivity contribution in [3.63, 3.8) is 0 Å². The third kappa shape index (κ3) is 13.7. The first-order valence-corrected chi connectivity index (χ1v) is 15.3. The maximum absolute atomic E-state index is 13.4. The van der Waals surface area contributed by atoms with E-state index in [2.05, 4.69) is 16.0 Å². The SMILES string of the molecule is CC(C)(C)OC(=O)N[C@H](CCCN(Cc1ccccc1)C(=O)O)C(=O)NC[C@H](Cc1ccccc1)NC(=O)OCc1ccccc1. The van der Waals surface area contributed by atoms with Crippen LogP contribution < -0.4 is 16.0 Å². The summed E-state index contributed by atoms with van der Waals surface area (Å²) in [6.07, 6.45) is -1.62. The molecule has 3 aromatic rings. The van der Waals surface area contributed by atoms with Crippen molar-refractivity contribution >= 4 is 24.2 Å². The molecule has 11 heteroatoms. The normalized spacial score (nSPS) is 12.2. The molecule has 4 N–H and O–H groups in total. The van der Waals surface area contributed by atoms with Gasteiger partial charge in [-0.05, 0) is 56.7 Å². The van der Waals surface area contributed by atoms with Crippen LogP contribution in [0.1, 0.15) is 50.3 Å². The van der Waals surface area contributed by atoms with E-state index < -0.39 is 41.9 Å². The molecule has 4 amide bonds. The highest BCUT2D eigenvalue weighted by molar-refractivity contribution is 5.85. The van der Waals surface area contributed by atoms with Gasteiger partial charge in [-0.3, -0.25) is 4.79 Å². The van der Waals surface area contributed by atoms with E-state index in [4.69, 9.17) is 9.47 Å². The molecule has 0 saturated carbocycles. The Morgan fingerprint density at radius 3 is 1.91 bits per heavy atom. The second-order valence-corrected chi connectivity index (χ2v) is 11.9. The van der Waals surface area contributed by atoms with Gasteiger partial charge in [-0.1, -0.05) is 91.0 Å². The highest BCUT2D eigenvalue weighted by Crippen LogP contribution is 2.11. The molecule has 46 heavy (non-hydrogen) atoms. The van der Waals surface area contributed by atoms with Crippen molar-refractivity contribution in [1.29, 1.82) is 0 Å². The Morgan fingerprint density at radius 2 is 1.35 bits per heavy atom. The molecule has 0 fully saturated rings. The summed E-state index contributed by atoms with van der Waals surface area (Å²) in [4.78, 5) is 51.9. The van der Waals surface area contributed by atoms with Gasteiger partial charge in [-0.25, -0.2) is 14.4 Å². The van der Waals surface area contributed by atoms with Crippen LogP contribution in [0.2, 0.25) is 0 Å². The number of carboxylic acid groups (broad SMARTS) is 1. The average molecular weight is 633 g/mol. The van der Waals surface area contributed by atoms with E-state index in [1.807, 2.05) is 91.0 Å². The average Bonchev–Trinajstić information content (AvgIpc) is 3.02. The van der Waals surface area contributed by atoms with Crippen molar-refractivity contribution in [1.82, 2.24) is 20.9 Å². The van der Waals surface area contributed by atoms with Crippen molar-refractivity contribution in [3.05, 3.63) is 108 Å². The van der Waals surface area contributed by atoms with E-state index in [1.165, 1.54) is 4.90 Å². The van der Waals surface area contributed by atoms with E-state index >= 15 is 0 Å². The maximum atomic E-state index is 13.4. The maximum Gasteiger partial charge on any atom is 0.408 e. The molecular formula is C35H44N4O7. The lowest BCUT2D eigenvalue weighted by Gasteiger charge is -2.25. The van der Waals surface area contributed by atoms with E-state index in [0.29, 0.717) is 12.8 Å². The molecule has 0 spiro atoms. The van der Waals surface area contributed by atoms with Gasteiger partial charge in [0.05, 0.1) is 6.04 Å². The van der Waals surface area contributed by atoms with Crippen LogP contribution in [0, 0.1) is 0 Å². The van der Waals surface area contributed by atoms with Crippen LogP contribution in [0.25, 0.3) is 0 Å². The number of hydrogen-bond donors (Lipinski definition) is 4. The summed E-state index contributed by atoms with van der Waals surface area (Å²) < 4.78 is 10.8. The first-order chi connectivity index (χ1) is 22.0. The second kappa shape index (κ2) is 18.0. The lowest BCUT2D eigenvalue weighted by atomic mass is 10.1. The molecule has 0 saturated heterocycles. The molecule has 0 radical (unpaired) electrons. The van der Waals surface area contributed by atoms with Crippen molar-refractivity contribution in [3.8, 4) is 0 Å². The summed E-state index contributed by atoms with van der Waals surface area (Å²) in [5.41, 5.74) is 1.84. The monoisotopic (exact) mass is 632 g/mol. The molecule has 246 valence electrons. The Labute approximate surface area is 270 Å². The lowest BCUT2D eigenvalue weighted by Crippen LogP contribution is -2.52. The van der Waals surface area contributed by atoms with Crippen molar-refractivity contribution in [2.24, 2.45) is 0 Å². The van der Waals surface area contributed by atoms with Crippen LogP contribution in [0.4, 0.5) is 14.4 Å². The quantitative estimate of drug-likeness (QED) is 0.173. The molecule has 2 atom stereocenters. The van der Waals surface area contributed by atoms with Gasteiger partial charge in [0.25, 0.3) is 0 Å². The minimum absolute atomic E-state index is 0.0515. The molecule has 0 aliphatic carbocycles. The van der Waals surface area contributed by atoms with Crippen LogP contribution in [-0.4, -0.2) is 65.0 Å². The molecule has 0 aliphatic heterocycles. The van der Waals surface area contributed by atoms with Crippen LogP contribution in [0.3, 0.4) is 0 Å². The highest BCUT2D eigenvalue weighted by atomic mass is 16.6. The molecule has 0 heterocycles. The molecule has 0 aliphatic rings. The Hall–Kier alpha value is -5.06. The Balaban J connectivity index is 1.65. The number of rotatable bonds is 15. The van der Waals surface area contributed by atoms with Gasteiger partial charge in [0.1, 0.15) is 18.2 Å². The first-order valence-electron chi connectivity index (χ1n) is 15.3. The van der Waals surface area contributed by atoms with Crippen molar-refractivity contribution in [2.75, 3.05) is 13.1 Å². The van der Waals surface area contributed by atoms with Crippen molar-refractivity contribution in [2.45, 2.75) is 70.9 Å². The largest absolute Gasteiger partial charge is 0.465 e. The summed E-state index contributed by atoms with van der Waals surface area (Å²) in [5, 5.41) is 18.0.